The zero-order valence-electron chi connectivity index (χ0n) is 16.1. The first-order valence-electron chi connectivity index (χ1n) is 9.86. The minimum atomic E-state index is 0.202. The minimum absolute atomic E-state index is 0.202. The second-order valence-corrected chi connectivity index (χ2v) is 8.03. The van der Waals surface area contributed by atoms with Crippen LogP contribution in [0.1, 0.15) is 0 Å². The summed E-state index contributed by atoms with van der Waals surface area (Å²) in [5, 5.41) is 17.4. The molecular formula is C19H23N7O2S. The molecule has 2 aliphatic rings. The lowest BCUT2D eigenvalue weighted by atomic mass is 10.3. The fourth-order valence-corrected chi connectivity index (χ4v) is 4.39. The van der Waals surface area contributed by atoms with Gasteiger partial charge in [-0.05, 0) is 23.6 Å². The lowest BCUT2D eigenvalue weighted by Crippen LogP contribution is -2.52. The molecule has 2 aliphatic heterocycles. The zero-order chi connectivity index (χ0) is 19.6. The molecule has 0 aliphatic carbocycles. The van der Waals surface area contributed by atoms with Gasteiger partial charge in [-0.3, -0.25) is 9.69 Å². The summed E-state index contributed by atoms with van der Waals surface area (Å²) in [4.78, 5) is 19.0. The Hall–Kier alpha value is -2.56. The van der Waals surface area contributed by atoms with Gasteiger partial charge in [0.25, 0.3) is 0 Å². The maximum Gasteiger partial charge on any atom is 0.236 e. The summed E-state index contributed by atoms with van der Waals surface area (Å²) in [6, 6.07) is 5.95. The lowest BCUT2D eigenvalue weighted by Gasteiger charge is -2.36. The molecule has 2 saturated heterocycles. The molecule has 2 fully saturated rings. The second-order valence-electron chi connectivity index (χ2n) is 7.25. The summed E-state index contributed by atoms with van der Waals surface area (Å²) in [6.45, 7) is 6.54. The number of carbonyl (C=O) groups is 1. The third-order valence-corrected chi connectivity index (χ3v) is 6.13. The van der Waals surface area contributed by atoms with Gasteiger partial charge in [0.15, 0.2) is 11.5 Å². The van der Waals surface area contributed by atoms with E-state index in [9.17, 15) is 4.79 Å². The highest BCUT2D eigenvalue weighted by Gasteiger charge is 2.24. The van der Waals surface area contributed by atoms with Crippen LogP contribution in [0, 0.1) is 0 Å². The number of hydrogen-bond acceptors (Lipinski definition) is 8. The zero-order valence-corrected chi connectivity index (χ0v) is 16.9. The van der Waals surface area contributed by atoms with Gasteiger partial charge in [-0.15, -0.1) is 15.3 Å². The Labute approximate surface area is 172 Å². The maximum atomic E-state index is 12.6. The predicted octanol–water partition coefficient (Wildman–Crippen LogP) is 0.834. The quantitative estimate of drug-likeness (QED) is 0.627. The molecule has 9 nitrogen and oxygen atoms in total. The van der Waals surface area contributed by atoms with E-state index in [0.29, 0.717) is 32.8 Å². The Morgan fingerprint density at radius 1 is 1.03 bits per heavy atom. The van der Waals surface area contributed by atoms with Crippen LogP contribution in [0.25, 0.3) is 17.0 Å². The fourth-order valence-electron chi connectivity index (χ4n) is 3.76. The second kappa shape index (κ2) is 8.05. The van der Waals surface area contributed by atoms with E-state index in [0.717, 1.165) is 49.0 Å². The summed E-state index contributed by atoms with van der Waals surface area (Å²) >= 11 is 1.63. The number of carbonyl (C=O) groups excluding carboxylic acids is 1. The molecule has 0 spiro atoms. The number of morpholine rings is 1. The van der Waals surface area contributed by atoms with Crippen molar-refractivity contribution >= 4 is 28.7 Å². The highest BCUT2D eigenvalue weighted by molar-refractivity contribution is 7.08. The molecule has 0 aromatic carbocycles. The average molecular weight is 414 g/mol. The Kier molecular flexibility index (Phi) is 5.13. The molecule has 152 valence electrons. The topological polar surface area (TPSA) is 79.1 Å². The highest BCUT2D eigenvalue weighted by atomic mass is 32.1. The number of fused-ring (bicyclic) bond motifs is 1. The number of nitrogens with zero attached hydrogens (tertiary/aromatic N) is 7. The first-order valence-corrected chi connectivity index (χ1v) is 10.8. The molecule has 1 amide bonds. The molecule has 5 heterocycles. The number of hydrogen-bond donors (Lipinski definition) is 0. The Morgan fingerprint density at radius 2 is 1.86 bits per heavy atom. The van der Waals surface area contributed by atoms with E-state index in [1.54, 1.807) is 15.9 Å². The molecule has 5 rings (SSSR count). The summed E-state index contributed by atoms with van der Waals surface area (Å²) < 4.78 is 7.15. The van der Waals surface area contributed by atoms with Crippen LogP contribution >= 0.6 is 11.3 Å². The van der Waals surface area contributed by atoms with Crippen molar-refractivity contribution in [2.24, 2.45) is 0 Å². The molecule has 0 saturated carbocycles. The van der Waals surface area contributed by atoms with Crippen LogP contribution in [0.15, 0.2) is 29.0 Å². The first-order chi connectivity index (χ1) is 14.3. The number of amides is 1. The van der Waals surface area contributed by atoms with Crippen LogP contribution in [0.4, 0.5) is 5.82 Å². The van der Waals surface area contributed by atoms with Crippen molar-refractivity contribution in [1.82, 2.24) is 29.6 Å². The summed E-state index contributed by atoms with van der Waals surface area (Å²) in [6.07, 6.45) is 0. The normalized spacial score (nSPS) is 18.5. The van der Waals surface area contributed by atoms with Gasteiger partial charge in [0.2, 0.25) is 5.91 Å². The minimum Gasteiger partial charge on any atom is -0.379 e. The number of aromatic nitrogens is 4. The van der Waals surface area contributed by atoms with Gasteiger partial charge in [-0.1, -0.05) is 0 Å². The van der Waals surface area contributed by atoms with Crippen molar-refractivity contribution in [2.45, 2.75) is 0 Å². The summed E-state index contributed by atoms with van der Waals surface area (Å²) in [5.41, 5.74) is 1.75. The van der Waals surface area contributed by atoms with E-state index in [2.05, 4.69) is 20.0 Å². The lowest BCUT2D eigenvalue weighted by molar-refractivity contribution is -0.133. The van der Waals surface area contributed by atoms with Gasteiger partial charge in [0.1, 0.15) is 5.82 Å². The van der Waals surface area contributed by atoms with Crippen molar-refractivity contribution in [3.05, 3.63) is 29.0 Å². The van der Waals surface area contributed by atoms with Crippen LogP contribution in [0.5, 0.6) is 0 Å². The van der Waals surface area contributed by atoms with E-state index in [1.807, 2.05) is 33.9 Å². The van der Waals surface area contributed by atoms with E-state index >= 15 is 0 Å². The number of piperazine rings is 1. The van der Waals surface area contributed by atoms with Crippen LogP contribution < -0.4 is 4.90 Å². The van der Waals surface area contributed by atoms with Crippen molar-refractivity contribution in [3.63, 3.8) is 0 Å². The van der Waals surface area contributed by atoms with E-state index in [4.69, 9.17) is 9.84 Å². The average Bonchev–Trinajstić information content (AvgIpc) is 3.44. The van der Waals surface area contributed by atoms with Crippen molar-refractivity contribution in [2.75, 3.05) is 63.9 Å². The Morgan fingerprint density at radius 3 is 2.62 bits per heavy atom. The van der Waals surface area contributed by atoms with Gasteiger partial charge >= 0.3 is 0 Å². The van der Waals surface area contributed by atoms with Gasteiger partial charge in [-0.25, -0.2) is 0 Å². The van der Waals surface area contributed by atoms with Gasteiger partial charge in [-0.2, -0.15) is 15.9 Å². The standard InChI is InChI=1S/C19H23N7O2S/c27-18(13-23-8-10-28-11-9-23)25-6-4-24(5-7-25)17-2-1-16-20-21-19(26(16)22-17)15-3-12-29-14-15/h1-3,12,14H,4-11,13H2. The molecular weight excluding hydrogens is 390 g/mol. The number of anilines is 1. The molecule has 3 aromatic heterocycles. The van der Waals surface area contributed by atoms with Crippen LogP contribution in [0.2, 0.25) is 0 Å². The summed E-state index contributed by atoms with van der Waals surface area (Å²) in [7, 11) is 0. The fraction of sp³-hybridized carbons (Fsp3) is 0.474. The third kappa shape index (κ3) is 3.83. The number of thiophene rings is 1. The molecule has 0 radical (unpaired) electrons. The maximum absolute atomic E-state index is 12.6. The SMILES string of the molecule is O=C(CN1CCOCC1)N1CCN(c2ccc3nnc(-c4ccsc4)n3n2)CC1. The van der Waals surface area contributed by atoms with Crippen molar-refractivity contribution in [1.29, 1.82) is 0 Å². The van der Waals surface area contributed by atoms with Crippen LogP contribution in [0.3, 0.4) is 0 Å². The van der Waals surface area contributed by atoms with E-state index < -0.39 is 0 Å². The molecule has 0 unspecified atom stereocenters. The molecule has 3 aromatic rings. The molecule has 0 bridgehead atoms. The van der Waals surface area contributed by atoms with Crippen molar-refractivity contribution in [3.8, 4) is 11.4 Å². The Balaban J connectivity index is 1.25. The highest BCUT2D eigenvalue weighted by Crippen LogP contribution is 2.22. The molecule has 0 N–H and O–H groups in total. The molecule has 29 heavy (non-hydrogen) atoms. The van der Waals surface area contributed by atoms with Gasteiger partial charge in [0, 0.05) is 50.2 Å². The Bertz CT molecular complexity index is 976. The molecule has 10 heteroatoms. The third-order valence-electron chi connectivity index (χ3n) is 5.45. The number of rotatable bonds is 4. The monoisotopic (exact) mass is 413 g/mol. The first kappa shape index (κ1) is 18.5. The number of ether oxygens (including phenoxy) is 1. The largest absolute Gasteiger partial charge is 0.379 e. The van der Waals surface area contributed by atoms with Crippen LogP contribution in [-0.2, 0) is 9.53 Å². The van der Waals surface area contributed by atoms with Gasteiger partial charge < -0.3 is 14.5 Å². The van der Waals surface area contributed by atoms with Gasteiger partial charge in [0.05, 0.1) is 19.8 Å². The van der Waals surface area contributed by atoms with E-state index in [-0.39, 0.29) is 5.91 Å². The molecule has 0 atom stereocenters. The van der Waals surface area contributed by atoms with Crippen molar-refractivity contribution < 1.29 is 9.53 Å². The van der Waals surface area contributed by atoms with E-state index in [1.165, 1.54) is 0 Å². The van der Waals surface area contributed by atoms with Crippen LogP contribution in [-0.4, -0.2) is 94.5 Å². The smallest absolute Gasteiger partial charge is 0.236 e. The summed E-state index contributed by atoms with van der Waals surface area (Å²) in [5.74, 6) is 1.84. The predicted molar refractivity (Wildman–Crippen MR) is 110 cm³/mol.